The van der Waals surface area contributed by atoms with Crippen molar-refractivity contribution in [3.05, 3.63) is 99.0 Å². The summed E-state index contributed by atoms with van der Waals surface area (Å²) in [5.41, 5.74) is 2.01. The van der Waals surface area contributed by atoms with E-state index in [-0.39, 0.29) is 23.4 Å². The van der Waals surface area contributed by atoms with Crippen molar-refractivity contribution in [3.63, 3.8) is 0 Å². The zero-order valence-electron chi connectivity index (χ0n) is 17.1. The van der Waals surface area contributed by atoms with Crippen LogP contribution in [0.25, 0.3) is 6.08 Å². The Kier molecular flexibility index (Phi) is 7.59. The van der Waals surface area contributed by atoms with Crippen LogP contribution in [-0.4, -0.2) is 17.0 Å². The topological polar surface area (TPSA) is 123 Å². The zero-order valence-corrected chi connectivity index (χ0v) is 18.7. The molecule has 0 heterocycles. The van der Waals surface area contributed by atoms with Gasteiger partial charge in [0.25, 0.3) is 5.91 Å². The third-order valence-corrected chi connectivity index (χ3v) is 5.14. The first-order valence-corrected chi connectivity index (χ1v) is 10.4. The minimum Gasteiger partial charge on any atom is -0.488 e. The van der Waals surface area contributed by atoms with E-state index >= 15 is 0 Å². The summed E-state index contributed by atoms with van der Waals surface area (Å²) in [6.07, 6.45) is 1.41. The molecule has 0 radical (unpaired) electrons. The third kappa shape index (κ3) is 6.07. The van der Waals surface area contributed by atoms with Crippen molar-refractivity contribution in [2.75, 3.05) is 5.32 Å². The van der Waals surface area contributed by atoms with Gasteiger partial charge in [-0.1, -0.05) is 30.3 Å². The Morgan fingerprint density at radius 3 is 2.55 bits per heavy atom. The van der Waals surface area contributed by atoms with Crippen LogP contribution < -0.4 is 10.1 Å². The monoisotopic (exact) mass is 501 g/mol. The van der Waals surface area contributed by atoms with E-state index in [9.17, 15) is 20.1 Å². The molecule has 3 rings (SSSR count). The number of carbonyl (C=O) groups excluding carboxylic acids is 1. The van der Waals surface area contributed by atoms with Gasteiger partial charge in [-0.25, -0.2) is 4.79 Å². The van der Waals surface area contributed by atoms with Crippen LogP contribution in [0.3, 0.4) is 0 Å². The first-order chi connectivity index (χ1) is 15.9. The molecule has 0 aliphatic rings. The van der Waals surface area contributed by atoms with Crippen LogP contribution in [0.2, 0.25) is 0 Å². The molecule has 2 N–H and O–H groups in total. The number of rotatable bonds is 7. The summed E-state index contributed by atoms with van der Waals surface area (Å²) in [7, 11) is 0. The number of halogens is 1. The van der Waals surface area contributed by atoms with Crippen molar-refractivity contribution in [2.45, 2.75) is 6.61 Å². The molecule has 162 valence electrons. The molecule has 7 nitrogen and oxygen atoms in total. The molecule has 0 saturated carbocycles. The summed E-state index contributed by atoms with van der Waals surface area (Å²) in [5, 5.41) is 30.2. The first-order valence-electron chi connectivity index (χ1n) is 9.58. The number of hydrogen-bond donors (Lipinski definition) is 2. The van der Waals surface area contributed by atoms with Crippen molar-refractivity contribution in [3.8, 4) is 17.9 Å². The second-order valence-electron chi connectivity index (χ2n) is 6.76. The number of carboxylic acid groups (broad SMARTS) is 1. The van der Waals surface area contributed by atoms with Crippen molar-refractivity contribution in [2.24, 2.45) is 0 Å². The number of hydrogen-bond acceptors (Lipinski definition) is 5. The molecule has 0 atom stereocenters. The minimum absolute atomic E-state index is 0.0206. The number of anilines is 1. The quantitative estimate of drug-likeness (QED) is 0.341. The molecule has 8 heteroatoms. The molecule has 0 aliphatic carbocycles. The number of carboxylic acids is 1. The molecule has 1 amide bonds. The second-order valence-corrected chi connectivity index (χ2v) is 7.61. The van der Waals surface area contributed by atoms with Gasteiger partial charge >= 0.3 is 5.97 Å². The molecule has 0 aliphatic heterocycles. The van der Waals surface area contributed by atoms with Gasteiger partial charge in [-0.2, -0.15) is 10.5 Å². The molecule has 0 saturated heterocycles. The van der Waals surface area contributed by atoms with Gasteiger partial charge in [-0.15, -0.1) is 0 Å². The van der Waals surface area contributed by atoms with Gasteiger partial charge in [0, 0.05) is 11.3 Å². The Hall–Kier alpha value is -4.40. The number of aromatic carboxylic acids is 1. The van der Waals surface area contributed by atoms with Crippen LogP contribution in [0, 0.1) is 22.7 Å². The van der Waals surface area contributed by atoms with E-state index in [2.05, 4.69) is 27.3 Å². The molecule has 0 unspecified atom stereocenters. The van der Waals surface area contributed by atoms with Crippen molar-refractivity contribution in [1.29, 1.82) is 10.5 Å². The Balaban J connectivity index is 1.73. The molecule has 0 fully saturated rings. The molecule has 33 heavy (non-hydrogen) atoms. The van der Waals surface area contributed by atoms with Crippen LogP contribution in [-0.2, 0) is 11.4 Å². The van der Waals surface area contributed by atoms with Gasteiger partial charge in [0.15, 0.2) is 0 Å². The summed E-state index contributed by atoms with van der Waals surface area (Å²) in [5.74, 6) is -1.25. The van der Waals surface area contributed by atoms with Crippen LogP contribution in [0.15, 0.2) is 76.8 Å². The van der Waals surface area contributed by atoms with Crippen LogP contribution in [0.5, 0.6) is 5.75 Å². The summed E-state index contributed by atoms with van der Waals surface area (Å²) >= 11 is 3.42. The van der Waals surface area contributed by atoms with E-state index in [1.54, 1.807) is 30.3 Å². The van der Waals surface area contributed by atoms with Gasteiger partial charge < -0.3 is 15.2 Å². The van der Waals surface area contributed by atoms with Gasteiger partial charge in [-0.05, 0) is 64.0 Å². The Morgan fingerprint density at radius 1 is 1.06 bits per heavy atom. The number of nitrogens with one attached hydrogen (secondary N) is 1. The van der Waals surface area contributed by atoms with E-state index in [1.165, 1.54) is 30.3 Å². The lowest BCUT2D eigenvalue weighted by Gasteiger charge is -2.10. The van der Waals surface area contributed by atoms with E-state index in [4.69, 9.17) is 9.84 Å². The molecule has 0 spiro atoms. The molecule has 3 aromatic carbocycles. The predicted molar refractivity (Wildman–Crippen MR) is 125 cm³/mol. The largest absolute Gasteiger partial charge is 0.488 e. The van der Waals surface area contributed by atoms with E-state index < -0.39 is 11.9 Å². The molecular weight excluding hydrogens is 486 g/mol. The molecular formula is C25H16BrN3O4. The summed E-state index contributed by atoms with van der Waals surface area (Å²) in [4.78, 5) is 23.6. The number of carbonyl (C=O) groups is 2. The SMILES string of the molecule is N#C/C(=C/c1ccc(OCc2ccccc2C#N)c(Br)c1)C(=O)Nc1cccc(C(=O)O)c1. The smallest absolute Gasteiger partial charge is 0.335 e. The number of benzene rings is 3. The van der Waals surface area contributed by atoms with Crippen molar-refractivity contribution >= 4 is 39.6 Å². The van der Waals surface area contributed by atoms with E-state index in [1.807, 2.05) is 18.2 Å². The van der Waals surface area contributed by atoms with Crippen LogP contribution in [0.4, 0.5) is 5.69 Å². The first kappa shape index (κ1) is 23.3. The van der Waals surface area contributed by atoms with Crippen molar-refractivity contribution < 1.29 is 19.4 Å². The van der Waals surface area contributed by atoms with E-state index in [0.29, 0.717) is 21.3 Å². The maximum absolute atomic E-state index is 12.5. The lowest BCUT2D eigenvalue weighted by atomic mass is 10.1. The Morgan fingerprint density at radius 2 is 1.85 bits per heavy atom. The summed E-state index contributed by atoms with van der Waals surface area (Å²) < 4.78 is 6.41. The average Bonchev–Trinajstić information content (AvgIpc) is 2.82. The van der Waals surface area contributed by atoms with Crippen LogP contribution in [0.1, 0.15) is 27.0 Å². The lowest BCUT2D eigenvalue weighted by molar-refractivity contribution is -0.112. The van der Waals surface area contributed by atoms with E-state index in [0.717, 1.165) is 5.56 Å². The Bertz CT molecular complexity index is 1340. The van der Waals surface area contributed by atoms with Crippen LogP contribution >= 0.6 is 15.9 Å². The Labute approximate surface area is 198 Å². The third-order valence-electron chi connectivity index (χ3n) is 4.52. The fourth-order valence-electron chi connectivity index (χ4n) is 2.88. The maximum atomic E-state index is 12.5. The fourth-order valence-corrected chi connectivity index (χ4v) is 3.39. The normalized spacial score (nSPS) is 10.6. The van der Waals surface area contributed by atoms with Gasteiger partial charge in [0.05, 0.1) is 21.7 Å². The molecule has 0 bridgehead atoms. The highest BCUT2D eigenvalue weighted by Crippen LogP contribution is 2.28. The van der Waals surface area contributed by atoms with Gasteiger partial charge in [0.1, 0.15) is 24.0 Å². The number of nitriles is 2. The number of ether oxygens (including phenoxy) is 1. The number of nitrogens with zero attached hydrogens (tertiary/aromatic N) is 2. The number of amides is 1. The molecule has 3 aromatic rings. The highest BCUT2D eigenvalue weighted by Gasteiger charge is 2.12. The van der Waals surface area contributed by atoms with Crippen molar-refractivity contribution in [1.82, 2.24) is 0 Å². The van der Waals surface area contributed by atoms with Gasteiger partial charge in [-0.3, -0.25) is 4.79 Å². The standard InChI is InChI=1S/C25H16BrN3O4/c26-22-11-16(8-9-23(22)33-15-19-5-2-1-4-18(19)13-27)10-20(14-28)24(30)29-21-7-3-6-17(12-21)25(31)32/h1-12H,15H2,(H,29,30)(H,31,32)/b20-10-. The fraction of sp³-hybridized carbons (Fsp3) is 0.0400. The minimum atomic E-state index is -1.12. The maximum Gasteiger partial charge on any atom is 0.335 e. The predicted octanol–water partition coefficient (Wildman–Crippen LogP) is 5.14. The zero-order chi connectivity index (χ0) is 23.8. The highest BCUT2D eigenvalue weighted by molar-refractivity contribution is 9.10. The summed E-state index contributed by atoms with van der Waals surface area (Å²) in [6.45, 7) is 0.207. The average molecular weight is 502 g/mol. The molecule has 0 aromatic heterocycles. The highest BCUT2D eigenvalue weighted by atomic mass is 79.9. The summed E-state index contributed by atoms with van der Waals surface area (Å²) in [6, 6.07) is 21.9. The second kappa shape index (κ2) is 10.8. The lowest BCUT2D eigenvalue weighted by Crippen LogP contribution is -2.13. The van der Waals surface area contributed by atoms with Gasteiger partial charge in [0.2, 0.25) is 0 Å².